The Balaban J connectivity index is 3.02. The summed E-state index contributed by atoms with van der Waals surface area (Å²) in [6.45, 7) is 0.623. The Morgan fingerprint density at radius 1 is 0.571 bits per heavy atom. The van der Waals surface area contributed by atoms with Gasteiger partial charge >= 0.3 is 5.97 Å². The molecule has 4 nitrogen and oxygen atoms in total. The van der Waals surface area contributed by atoms with Crippen LogP contribution in [0, 0.1) is 0 Å². The average molecular weight is 399 g/mol. The predicted octanol–water partition coefficient (Wildman–Crippen LogP) is 6.55. The first-order valence-corrected chi connectivity index (χ1v) is 12.3. The number of aliphatic carboxylic acids is 1. The molecule has 28 heavy (non-hydrogen) atoms. The highest BCUT2D eigenvalue weighted by molar-refractivity contribution is 5.66. The third-order valence-electron chi connectivity index (χ3n) is 5.77. The molecule has 0 aromatic rings. The lowest BCUT2D eigenvalue weighted by atomic mass is 10.0. The zero-order valence-corrected chi connectivity index (χ0v) is 18.6. The zero-order chi connectivity index (χ0) is 20.7. The fourth-order valence-electron chi connectivity index (χ4n) is 3.81. The molecule has 168 valence electrons. The summed E-state index contributed by atoms with van der Waals surface area (Å²) in [7, 11) is 0. The van der Waals surface area contributed by atoms with Crippen LogP contribution in [0.5, 0.6) is 0 Å². The molecule has 0 aromatic carbocycles. The number of carboxylic acids is 1. The van der Waals surface area contributed by atoms with E-state index in [1.165, 1.54) is 109 Å². The van der Waals surface area contributed by atoms with Crippen LogP contribution in [-0.4, -0.2) is 23.7 Å². The van der Waals surface area contributed by atoms with E-state index in [-0.39, 0.29) is 6.04 Å². The highest BCUT2D eigenvalue weighted by atomic mass is 16.4. The number of unbranched alkanes of at least 4 members (excludes halogenated alkanes) is 18. The van der Waals surface area contributed by atoms with Crippen molar-refractivity contribution in [2.24, 2.45) is 11.5 Å². The van der Waals surface area contributed by atoms with Crippen LogP contribution in [0.1, 0.15) is 135 Å². The molecule has 0 bridgehead atoms. The fourth-order valence-corrected chi connectivity index (χ4v) is 3.81. The van der Waals surface area contributed by atoms with Gasteiger partial charge in [-0.1, -0.05) is 116 Å². The van der Waals surface area contributed by atoms with Gasteiger partial charge in [0.15, 0.2) is 0 Å². The molecule has 1 atom stereocenters. The second-order valence-corrected chi connectivity index (χ2v) is 8.65. The summed E-state index contributed by atoms with van der Waals surface area (Å²) in [6.07, 6.45) is 26.5. The lowest BCUT2D eigenvalue weighted by Gasteiger charge is -2.07. The molecule has 0 aliphatic heterocycles. The van der Waals surface area contributed by atoms with Gasteiger partial charge in [-0.05, 0) is 12.8 Å². The third-order valence-corrected chi connectivity index (χ3v) is 5.77. The minimum absolute atomic E-state index is 0.210. The Morgan fingerprint density at radius 3 is 1.14 bits per heavy atom. The van der Waals surface area contributed by atoms with Gasteiger partial charge in [0.05, 0.1) is 0 Å². The van der Waals surface area contributed by atoms with Crippen LogP contribution in [0.4, 0.5) is 0 Å². The highest BCUT2D eigenvalue weighted by Crippen LogP contribution is 2.15. The summed E-state index contributed by atoms with van der Waals surface area (Å²) in [5, 5.41) is 8.58. The Hall–Kier alpha value is -0.610. The second kappa shape index (κ2) is 22.7. The van der Waals surface area contributed by atoms with Crippen molar-refractivity contribution < 1.29 is 9.90 Å². The van der Waals surface area contributed by atoms with Crippen molar-refractivity contribution >= 4 is 5.97 Å². The van der Waals surface area contributed by atoms with Crippen LogP contribution in [0.15, 0.2) is 0 Å². The number of rotatable bonds is 23. The zero-order valence-electron chi connectivity index (χ0n) is 18.6. The molecule has 5 N–H and O–H groups in total. The van der Waals surface area contributed by atoms with Crippen LogP contribution in [-0.2, 0) is 4.79 Å². The Labute approximate surface area is 175 Å². The molecule has 0 rings (SSSR count). The van der Waals surface area contributed by atoms with E-state index < -0.39 is 5.97 Å². The van der Waals surface area contributed by atoms with E-state index in [0.29, 0.717) is 13.0 Å². The summed E-state index contributed by atoms with van der Waals surface area (Å²) in [4.78, 5) is 10.4. The number of hydrogen-bond acceptors (Lipinski definition) is 3. The minimum atomic E-state index is -0.657. The maximum atomic E-state index is 10.4. The molecule has 0 aliphatic carbocycles. The van der Waals surface area contributed by atoms with Crippen LogP contribution in [0.3, 0.4) is 0 Å². The van der Waals surface area contributed by atoms with Gasteiger partial charge in [0.1, 0.15) is 0 Å². The number of nitrogens with two attached hydrogens (primary N) is 2. The first-order chi connectivity index (χ1) is 13.7. The lowest BCUT2D eigenvalue weighted by molar-refractivity contribution is -0.137. The van der Waals surface area contributed by atoms with E-state index in [1.54, 1.807) is 0 Å². The molecule has 0 fully saturated rings. The molecule has 0 radical (unpaired) electrons. The van der Waals surface area contributed by atoms with Gasteiger partial charge < -0.3 is 16.6 Å². The fraction of sp³-hybridized carbons (Fsp3) is 0.958. The second-order valence-electron chi connectivity index (χ2n) is 8.65. The minimum Gasteiger partial charge on any atom is -0.481 e. The number of hydrogen-bond donors (Lipinski definition) is 3. The molecular weight excluding hydrogens is 348 g/mol. The van der Waals surface area contributed by atoms with Crippen LogP contribution >= 0.6 is 0 Å². The quantitative estimate of drug-likeness (QED) is 0.170. The largest absolute Gasteiger partial charge is 0.481 e. The van der Waals surface area contributed by atoms with Crippen LogP contribution in [0.2, 0.25) is 0 Å². The van der Waals surface area contributed by atoms with Crippen LogP contribution < -0.4 is 11.5 Å². The van der Waals surface area contributed by atoms with Crippen molar-refractivity contribution in [2.45, 2.75) is 141 Å². The van der Waals surface area contributed by atoms with E-state index in [0.717, 1.165) is 19.3 Å². The maximum absolute atomic E-state index is 10.4. The summed E-state index contributed by atoms with van der Waals surface area (Å²) in [5.41, 5.74) is 11.3. The topological polar surface area (TPSA) is 89.3 Å². The lowest BCUT2D eigenvalue weighted by Crippen LogP contribution is -2.29. The maximum Gasteiger partial charge on any atom is 0.303 e. The standard InChI is InChI=1S/C24H50N2O2/c25-22-23(26)20-18-16-14-12-10-8-6-4-2-1-3-5-7-9-11-13-15-17-19-21-24(27)28/h23H,1-22,25-26H2,(H,27,28). The predicted molar refractivity (Wildman–Crippen MR) is 122 cm³/mol. The monoisotopic (exact) mass is 398 g/mol. The van der Waals surface area contributed by atoms with Gasteiger partial charge in [0.2, 0.25) is 0 Å². The molecule has 0 saturated heterocycles. The molecule has 0 saturated carbocycles. The van der Waals surface area contributed by atoms with E-state index in [4.69, 9.17) is 16.6 Å². The van der Waals surface area contributed by atoms with Gasteiger partial charge in [-0.15, -0.1) is 0 Å². The average Bonchev–Trinajstić information content (AvgIpc) is 2.68. The number of carboxylic acid groups (broad SMARTS) is 1. The molecular formula is C24H50N2O2. The molecule has 0 amide bonds. The van der Waals surface area contributed by atoms with Crippen molar-refractivity contribution in [1.29, 1.82) is 0 Å². The van der Waals surface area contributed by atoms with Gasteiger partial charge in [-0.2, -0.15) is 0 Å². The van der Waals surface area contributed by atoms with Gasteiger partial charge in [0, 0.05) is 19.0 Å². The van der Waals surface area contributed by atoms with Crippen molar-refractivity contribution in [2.75, 3.05) is 6.54 Å². The molecule has 1 unspecified atom stereocenters. The van der Waals surface area contributed by atoms with Gasteiger partial charge in [-0.3, -0.25) is 4.79 Å². The van der Waals surface area contributed by atoms with E-state index in [1.807, 2.05) is 0 Å². The molecule has 0 aliphatic rings. The SMILES string of the molecule is NCC(N)CCCCCCCCCCCCCCCCCCCCCC(=O)O. The van der Waals surface area contributed by atoms with Gasteiger partial charge in [0.25, 0.3) is 0 Å². The normalized spacial score (nSPS) is 12.4. The summed E-state index contributed by atoms with van der Waals surface area (Å²) in [5.74, 6) is -0.657. The molecule has 0 heterocycles. The first kappa shape index (κ1) is 27.4. The van der Waals surface area contributed by atoms with Crippen molar-refractivity contribution in [1.82, 2.24) is 0 Å². The Morgan fingerprint density at radius 2 is 0.857 bits per heavy atom. The summed E-state index contributed by atoms with van der Waals surface area (Å²) in [6, 6.07) is 0.210. The third kappa shape index (κ3) is 23.4. The number of carbonyl (C=O) groups is 1. The van der Waals surface area contributed by atoms with E-state index in [2.05, 4.69) is 0 Å². The van der Waals surface area contributed by atoms with Crippen molar-refractivity contribution in [3.8, 4) is 0 Å². The van der Waals surface area contributed by atoms with Crippen molar-refractivity contribution in [3.05, 3.63) is 0 Å². The van der Waals surface area contributed by atoms with Crippen molar-refractivity contribution in [3.63, 3.8) is 0 Å². The first-order valence-electron chi connectivity index (χ1n) is 12.3. The Kier molecular flexibility index (Phi) is 22.2. The van der Waals surface area contributed by atoms with E-state index >= 15 is 0 Å². The summed E-state index contributed by atoms with van der Waals surface area (Å²) >= 11 is 0. The molecule has 4 heteroatoms. The molecule has 0 aromatic heterocycles. The smallest absolute Gasteiger partial charge is 0.303 e. The van der Waals surface area contributed by atoms with E-state index in [9.17, 15) is 4.79 Å². The summed E-state index contributed by atoms with van der Waals surface area (Å²) < 4.78 is 0. The highest BCUT2D eigenvalue weighted by Gasteiger charge is 1.99. The Bertz CT molecular complexity index is 324. The van der Waals surface area contributed by atoms with Gasteiger partial charge in [-0.25, -0.2) is 0 Å². The van der Waals surface area contributed by atoms with Crippen LogP contribution in [0.25, 0.3) is 0 Å². The molecule has 0 spiro atoms.